The average Bonchev–Trinajstić information content (AvgIpc) is 3.04. The predicted molar refractivity (Wildman–Crippen MR) is 91.1 cm³/mol. The quantitative estimate of drug-likeness (QED) is 0.675. The van der Waals surface area contributed by atoms with Crippen molar-refractivity contribution in [3.63, 3.8) is 0 Å². The highest BCUT2D eigenvalue weighted by Crippen LogP contribution is 2.28. The van der Waals surface area contributed by atoms with Gasteiger partial charge in [-0.3, -0.25) is 0 Å². The first-order chi connectivity index (χ1) is 10.8. The lowest BCUT2D eigenvalue weighted by Crippen LogP contribution is -2.46. The molecular formula is C15H14ClN5S. The van der Waals surface area contributed by atoms with Gasteiger partial charge < -0.3 is 9.80 Å². The fourth-order valence-electron chi connectivity index (χ4n) is 2.79. The molecule has 0 radical (unpaired) electrons. The normalized spacial score (nSPS) is 15.5. The number of aromatic nitrogens is 3. The Kier molecular flexibility index (Phi) is 3.56. The van der Waals surface area contributed by atoms with Gasteiger partial charge >= 0.3 is 0 Å². The van der Waals surface area contributed by atoms with Crippen molar-refractivity contribution in [2.75, 3.05) is 36.0 Å². The van der Waals surface area contributed by atoms with Crippen LogP contribution >= 0.6 is 22.9 Å². The van der Waals surface area contributed by atoms with Crippen LogP contribution in [-0.2, 0) is 0 Å². The molecule has 4 rings (SSSR count). The van der Waals surface area contributed by atoms with Crippen LogP contribution in [0.2, 0.25) is 5.15 Å². The molecule has 0 atom stereocenters. The van der Waals surface area contributed by atoms with Gasteiger partial charge in [-0.2, -0.15) is 0 Å². The molecule has 7 heteroatoms. The van der Waals surface area contributed by atoms with Crippen LogP contribution in [0.25, 0.3) is 10.2 Å². The number of piperazine rings is 1. The summed E-state index contributed by atoms with van der Waals surface area (Å²) in [4.78, 5) is 18.6. The smallest absolute Gasteiger partial charge is 0.140 e. The molecular weight excluding hydrogens is 318 g/mol. The minimum Gasteiger partial charge on any atom is -0.368 e. The Morgan fingerprint density at radius 2 is 1.82 bits per heavy atom. The van der Waals surface area contributed by atoms with Crippen LogP contribution in [0.1, 0.15) is 0 Å². The van der Waals surface area contributed by atoms with Gasteiger partial charge in [0, 0.05) is 38.1 Å². The number of pyridine rings is 1. The van der Waals surface area contributed by atoms with Crippen molar-refractivity contribution in [3.8, 4) is 0 Å². The lowest BCUT2D eigenvalue weighted by molar-refractivity contribution is 0.648. The topological polar surface area (TPSA) is 45.2 Å². The Morgan fingerprint density at radius 1 is 1.00 bits per heavy atom. The van der Waals surface area contributed by atoms with E-state index < -0.39 is 0 Å². The number of anilines is 2. The number of hydrogen-bond donors (Lipinski definition) is 0. The second-order valence-corrected chi connectivity index (χ2v) is 6.43. The molecule has 112 valence electrons. The molecule has 1 fully saturated rings. The summed E-state index contributed by atoms with van der Waals surface area (Å²) in [7, 11) is 0. The maximum Gasteiger partial charge on any atom is 0.140 e. The van der Waals surface area contributed by atoms with Gasteiger partial charge in [0.15, 0.2) is 0 Å². The molecule has 3 aromatic rings. The van der Waals surface area contributed by atoms with E-state index in [1.165, 1.54) is 0 Å². The predicted octanol–water partition coefficient (Wildman–Crippen LogP) is 3.07. The van der Waals surface area contributed by atoms with Gasteiger partial charge in [-0.1, -0.05) is 11.6 Å². The molecule has 1 aliphatic heterocycles. The number of rotatable bonds is 2. The largest absolute Gasteiger partial charge is 0.368 e. The molecule has 1 aliphatic rings. The highest BCUT2D eigenvalue weighted by atomic mass is 35.5. The first-order valence-corrected chi connectivity index (χ1v) is 8.37. The Bertz CT molecular complexity index is 797. The Balaban J connectivity index is 1.53. The van der Waals surface area contributed by atoms with Gasteiger partial charge in [0.25, 0.3) is 0 Å². The molecule has 0 aromatic carbocycles. The van der Waals surface area contributed by atoms with E-state index in [1.54, 1.807) is 23.9 Å². The Labute approximate surface area is 137 Å². The van der Waals surface area contributed by atoms with E-state index in [0.717, 1.165) is 47.9 Å². The van der Waals surface area contributed by atoms with E-state index in [9.17, 15) is 0 Å². The van der Waals surface area contributed by atoms with Crippen LogP contribution in [0.5, 0.6) is 0 Å². The molecule has 0 aliphatic carbocycles. The number of halogens is 1. The molecule has 0 N–H and O–H groups in total. The van der Waals surface area contributed by atoms with Crippen molar-refractivity contribution < 1.29 is 0 Å². The summed E-state index contributed by atoms with van der Waals surface area (Å²) < 4.78 is 0. The third-order valence-electron chi connectivity index (χ3n) is 3.90. The zero-order valence-corrected chi connectivity index (χ0v) is 13.4. The second kappa shape index (κ2) is 5.70. The van der Waals surface area contributed by atoms with Crippen LogP contribution in [0.3, 0.4) is 0 Å². The van der Waals surface area contributed by atoms with E-state index in [4.69, 9.17) is 11.6 Å². The molecule has 5 nitrogen and oxygen atoms in total. The van der Waals surface area contributed by atoms with Gasteiger partial charge in [-0.05, 0) is 23.6 Å². The summed E-state index contributed by atoms with van der Waals surface area (Å²) in [6.45, 7) is 3.75. The molecule has 0 unspecified atom stereocenters. The highest BCUT2D eigenvalue weighted by molar-refractivity contribution is 7.16. The zero-order valence-electron chi connectivity index (χ0n) is 11.8. The van der Waals surface area contributed by atoms with E-state index in [2.05, 4.69) is 36.2 Å². The molecule has 0 saturated carbocycles. The third kappa shape index (κ3) is 2.48. The van der Waals surface area contributed by atoms with Crippen molar-refractivity contribution in [1.29, 1.82) is 0 Å². The van der Waals surface area contributed by atoms with Crippen molar-refractivity contribution in [2.45, 2.75) is 0 Å². The fourth-order valence-corrected chi connectivity index (χ4v) is 3.69. The van der Waals surface area contributed by atoms with Crippen LogP contribution in [-0.4, -0.2) is 41.1 Å². The van der Waals surface area contributed by atoms with E-state index in [1.807, 2.05) is 12.1 Å². The summed E-state index contributed by atoms with van der Waals surface area (Å²) in [5, 5.41) is 3.75. The number of hydrogen-bond acceptors (Lipinski definition) is 6. The minimum atomic E-state index is 0.538. The lowest BCUT2D eigenvalue weighted by Gasteiger charge is -2.36. The Hall–Kier alpha value is -1.92. The average molecular weight is 332 g/mol. The highest BCUT2D eigenvalue weighted by Gasteiger charge is 2.20. The summed E-state index contributed by atoms with van der Waals surface area (Å²) in [6.07, 6.45) is 3.41. The van der Waals surface area contributed by atoms with Crippen molar-refractivity contribution in [3.05, 3.63) is 41.3 Å². The fraction of sp³-hybridized carbons (Fsp3) is 0.267. The zero-order chi connectivity index (χ0) is 14.9. The first-order valence-electron chi connectivity index (χ1n) is 7.11. The van der Waals surface area contributed by atoms with Crippen LogP contribution < -0.4 is 9.80 Å². The summed E-state index contributed by atoms with van der Waals surface area (Å²) >= 11 is 7.63. The number of nitrogens with zero attached hydrogens (tertiary/aromatic N) is 5. The van der Waals surface area contributed by atoms with E-state index in [0.29, 0.717) is 5.15 Å². The van der Waals surface area contributed by atoms with Crippen molar-refractivity contribution in [1.82, 2.24) is 15.0 Å². The van der Waals surface area contributed by atoms with E-state index in [-0.39, 0.29) is 0 Å². The standard InChI is InChI=1S/C15H14ClN5S/c16-13-9-11(1-3-17-13)20-4-6-21(7-5-20)14-12-2-8-22-15(12)19-10-18-14/h1-3,8-10H,4-7H2. The SMILES string of the molecule is Clc1cc(N2CCN(c3ncnc4sccc34)CC2)ccn1. The molecule has 0 spiro atoms. The third-order valence-corrected chi connectivity index (χ3v) is 4.92. The summed E-state index contributed by atoms with van der Waals surface area (Å²) in [6, 6.07) is 6.02. The molecule has 1 saturated heterocycles. The summed E-state index contributed by atoms with van der Waals surface area (Å²) in [5.41, 5.74) is 1.13. The monoisotopic (exact) mass is 331 g/mol. The minimum absolute atomic E-state index is 0.538. The molecule has 0 bridgehead atoms. The second-order valence-electron chi connectivity index (χ2n) is 5.15. The first kappa shape index (κ1) is 13.7. The lowest BCUT2D eigenvalue weighted by atomic mass is 10.2. The molecule has 4 heterocycles. The Morgan fingerprint density at radius 3 is 2.64 bits per heavy atom. The van der Waals surface area contributed by atoms with Gasteiger partial charge in [0.05, 0.1) is 5.39 Å². The summed E-state index contributed by atoms with van der Waals surface area (Å²) in [5.74, 6) is 1.04. The van der Waals surface area contributed by atoms with E-state index >= 15 is 0 Å². The van der Waals surface area contributed by atoms with Crippen molar-refractivity contribution >= 4 is 44.7 Å². The van der Waals surface area contributed by atoms with Crippen LogP contribution in [0.15, 0.2) is 36.1 Å². The number of fused-ring (bicyclic) bond motifs is 1. The molecule has 3 aromatic heterocycles. The van der Waals surface area contributed by atoms with Gasteiger partial charge in [0.2, 0.25) is 0 Å². The van der Waals surface area contributed by atoms with Gasteiger partial charge in [-0.15, -0.1) is 11.3 Å². The van der Waals surface area contributed by atoms with Gasteiger partial charge in [0.1, 0.15) is 22.1 Å². The molecule has 22 heavy (non-hydrogen) atoms. The van der Waals surface area contributed by atoms with Crippen LogP contribution in [0, 0.1) is 0 Å². The maximum absolute atomic E-state index is 5.98. The van der Waals surface area contributed by atoms with Crippen molar-refractivity contribution in [2.24, 2.45) is 0 Å². The maximum atomic E-state index is 5.98. The van der Waals surface area contributed by atoms with Crippen LogP contribution in [0.4, 0.5) is 11.5 Å². The molecule has 0 amide bonds. The number of thiophene rings is 1. The van der Waals surface area contributed by atoms with Gasteiger partial charge in [-0.25, -0.2) is 15.0 Å².